The molecule has 1 aliphatic rings. The number of carbonyl (C=O) groups excluding carboxylic acids is 1. The lowest BCUT2D eigenvalue weighted by Crippen LogP contribution is -2.28. The van der Waals surface area contributed by atoms with E-state index in [0.717, 1.165) is 17.6 Å². The smallest absolute Gasteiger partial charge is 0.163 e. The third-order valence-electron chi connectivity index (χ3n) is 3.32. The zero-order chi connectivity index (χ0) is 15.3. The Hall–Kier alpha value is -1.43. The molecule has 1 fully saturated rings. The molecule has 0 aromatic heterocycles. The van der Waals surface area contributed by atoms with Crippen LogP contribution >= 0.6 is 0 Å². The van der Waals surface area contributed by atoms with Crippen molar-refractivity contribution in [3.8, 4) is 5.75 Å². The maximum Gasteiger partial charge on any atom is 0.163 e. The van der Waals surface area contributed by atoms with Gasteiger partial charge in [-0.2, -0.15) is 0 Å². The summed E-state index contributed by atoms with van der Waals surface area (Å²) < 4.78 is 22.2. The average Bonchev–Trinajstić information content (AvgIpc) is 2.74. The molecule has 0 unspecified atom stereocenters. The molecule has 1 aromatic rings. The molecule has 2 rings (SSSR count). The van der Waals surface area contributed by atoms with Crippen molar-refractivity contribution in [2.75, 3.05) is 13.7 Å². The van der Waals surface area contributed by atoms with Gasteiger partial charge in [-0.05, 0) is 31.5 Å². The highest BCUT2D eigenvalue weighted by Crippen LogP contribution is 2.29. The second kappa shape index (κ2) is 7.02. The van der Waals surface area contributed by atoms with Crippen LogP contribution in [-0.4, -0.2) is 38.0 Å². The molecule has 0 N–H and O–H groups in total. The molecule has 1 saturated heterocycles. The molecule has 5 nitrogen and oxygen atoms in total. The number of methoxy groups -OCH3 is 1. The molecule has 1 aliphatic heterocycles. The summed E-state index contributed by atoms with van der Waals surface area (Å²) in [7, 11) is 1.64. The molecule has 0 spiro atoms. The van der Waals surface area contributed by atoms with Crippen LogP contribution in [0.2, 0.25) is 0 Å². The van der Waals surface area contributed by atoms with Gasteiger partial charge >= 0.3 is 0 Å². The Morgan fingerprint density at radius 1 is 1.19 bits per heavy atom. The van der Waals surface area contributed by atoms with Crippen molar-refractivity contribution >= 4 is 6.29 Å². The van der Waals surface area contributed by atoms with Crippen molar-refractivity contribution in [2.24, 2.45) is 0 Å². The van der Waals surface area contributed by atoms with Crippen molar-refractivity contribution in [1.29, 1.82) is 0 Å². The Morgan fingerprint density at radius 2 is 1.86 bits per heavy atom. The van der Waals surface area contributed by atoms with Crippen LogP contribution in [-0.2, 0) is 25.6 Å². The van der Waals surface area contributed by atoms with Crippen LogP contribution in [0.1, 0.15) is 25.8 Å². The summed E-state index contributed by atoms with van der Waals surface area (Å²) >= 11 is 0. The predicted octanol–water partition coefficient (Wildman–Crippen LogP) is 2.32. The minimum Gasteiger partial charge on any atom is -0.497 e. The summed E-state index contributed by atoms with van der Waals surface area (Å²) in [6.07, 6.45) is 0.711. The zero-order valence-electron chi connectivity index (χ0n) is 12.7. The molecule has 2 atom stereocenters. The highest BCUT2D eigenvalue weighted by Gasteiger charge is 2.40. The van der Waals surface area contributed by atoms with E-state index in [2.05, 4.69) is 0 Å². The molecule has 1 heterocycles. The Bertz CT molecular complexity index is 454. The van der Waals surface area contributed by atoms with Crippen molar-refractivity contribution in [2.45, 2.75) is 44.9 Å². The van der Waals surface area contributed by atoms with Gasteiger partial charge in [0.1, 0.15) is 18.1 Å². The minimum absolute atomic E-state index is 0.219. The maximum absolute atomic E-state index is 10.7. The summed E-state index contributed by atoms with van der Waals surface area (Å²) in [6, 6.07) is 7.70. The topological polar surface area (TPSA) is 54.0 Å². The van der Waals surface area contributed by atoms with Crippen LogP contribution < -0.4 is 4.74 Å². The van der Waals surface area contributed by atoms with Crippen LogP contribution in [0.5, 0.6) is 5.75 Å². The van der Waals surface area contributed by atoms with E-state index in [-0.39, 0.29) is 12.2 Å². The molecule has 116 valence electrons. The summed E-state index contributed by atoms with van der Waals surface area (Å²) in [6.45, 7) is 4.56. The first-order valence-electron chi connectivity index (χ1n) is 7.04. The van der Waals surface area contributed by atoms with Crippen LogP contribution in [0.3, 0.4) is 0 Å². The molecular formula is C16H22O5. The normalized spacial score (nSPS) is 24.0. The van der Waals surface area contributed by atoms with Crippen LogP contribution in [0.15, 0.2) is 24.3 Å². The summed E-state index contributed by atoms with van der Waals surface area (Å²) in [5, 5.41) is 0. The second-order valence-electron chi connectivity index (χ2n) is 5.48. The van der Waals surface area contributed by atoms with E-state index >= 15 is 0 Å². The van der Waals surface area contributed by atoms with Crippen molar-refractivity contribution in [3.05, 3.63) is 29.8 Å². The van der Waals surface area contributed by atoms with E-state index in [0.29, 0.717) is 19.6 Å². The van der Waals surface area contributed by atoms with Crippen LogP contribution in [0, 0.1) is 0 Å². The van der Waals surface area contributed by atoms with Crippen molar-refractivity contribution in [1.82, 2.24) is 0 Å². The summed E-state index contributed by atoms with van der Waals surface area (Å²) in [5.41, 5.74) is 1.06. The van der Waals surface area contributed by atoms with Gasteiger partial charge in [-0.3, -0.25) is 0 Å². The third-order valence-corrected chi connectivity index (χ3v) is 3.32. The fraction of sp³-hybridized carbons (Fsp3) is 0.562. The van der Waals surface area contributed by atoms with Gasteiger partial charge in [-0.25, -0.2) is 0 Å². The molecule has 0 saturated carbocycles. The summed E-state index contributed by atoms with van der Waals surface area (Å²) in [4.78, 5) is 10.7. The van der Waals surface area contributed by atoms with Crippen molar-refractivity contribution in [3.63, 3.8) is 0 Å². The van der Waals surface area contributed by atoms with E-state index in [4.69, 9.17) is 18.9 Å². The van der Waals surface area contributed by atoms with Gasteiger partial charge in [0.2, 0.25) is 0 Å². The second-order valence-corrected chi connectivity index (χ2v) is 5.48. The van der Waals surface area contributed by atoms with Gasteiger partial charge in [-0.15, -0.1) is 0 Å². The molecule has 5 heteroatoms. The van der Waals surface area contributed by atoms with Gasteiger partial charge < -0.3 is 23.7 Å². The highest BCUT2D eigenvalue weighted by molar-refractivity contribution is 5.50. The first-order valence-corrected chi connectivity index (χ1v) is 7.04. The SMILES string of the molecule is COc1ccc(COC[C@@H]2OC(C)(C)O[C@H]2CC=O)cc1. The number of carbonyl (C=O) groups is 1. The van der Waals surface area contributed by atoms with E-state index in [1.807, 2.05) is 38.1 Å². The highest BCUT2D eigenvalue weighted by atomic mass is 16.8. The van der Waals surface area contributed by atoms with E-state index < -0.39 is 5.79 Å². The quantitative estimate of drug-likeness (QED) is 0.722. The number of hydrogen-bond donors (Lipinski definition) is 0. The zero-order valence-corrected chi connectivity index (χ0v) is 12.7. The molecule has 1 aromatic carbocycles. The lowest BCUT2D eigenvalue weighted by molar-refractivity contribution is -0.151. The molecule has 21 heavy (non-hydrogen) atoms. The lowest BCUT2D eigenvalue weighted by Gasteiger charge is -2.17. The number of rotatable bonds is 7. The molecule has 0 radical (unpaired) electrons. The third kappa shape index (κ3) is 4.52. The first kappa shape index (κ1) is 15.9. The number of ether oxygens (including phenoxy) is 4. The molecule has 0 bridgehead atoms. The van der Waals surface area contributed by atoms with Crippen LogP contribution in [0.25, 0.3) is 0 Å². The standard InChI is InChI=1S/C16H22O5/c1-16(2)20-14(8-9-17)15(21-16)11-19-10-12-4-6-13(18-3)7-5-12/h4-7,9,14-15H,8,10-11H2,1-3H3/t14-,15-/m0/s1. The van der Waals surface area contributed by atoms with Gasteiger partial charge in [0, 0.05) is 6.42 Å². The van der Waals surface area contributed by atoms with Gasteiger partial charge in [0.25, 0.3) is 0 Å². The predicted molar refractivity (Wildman–Crippen MR) is 77.2 cm³/mol. The Kier molecular flexibility index (Phi) is 5.33. The Labute approximate surface area is 125 Å². The average molecular weight is 294 g/mol. The van der Waals surface area contributed by atoms with Crippen molar-refractivity contribution < 1.29 is 23.7 Å². The largest absolute Gasteiger partial charge is 0.497 e. The number of aldehydes is 1. The van der Waals surface area contributed by atoms with E-state index in [9.17, 15) is 4.79 Å². The maximum atomic E-state index is 10.7. The molecule has 0 amide bonds. The molecule has 0 aliphatic carbocycles. The summed E-state index contributed by atoms with van der Waals surface area (Å²) in [5.74, 6) is 0.154. The number of benzene rings is 1. The monoisotopic (exact) mass is 294 g/mol. The van der Waals surface area contributed by atoms with Crippen LogP contribution in [0.4, 0.5) is 0 Å². The van der Waals surface area contributed by atoms with E-state index in [1.54, 1.807) is 7.11 Å². The fourth-order valence-electron chi connectivity index (χ4n) is 2.36. The molecular weight excluding hydrogens is 272 g/mol. The minimum atomic E-state index is -0.665. The Balaban J connectivity index is 1.82. The van der Waals surface area contributed by atoms with Gasteiger partial charge in [0.15, 0.2) is 5.79 Å². The van der Waals surface area contributed by atoms with Gasteiger partial charge in [-0.1, -0.05) is 12.1 Å². The first-order chi connectivity index (χ1) is 10.0. The fourth-order valence-corrected chi connectivity index (χ4v) is 2.36. The number of hydrogen-bond acceptors (Lipinski definition) is 5. The lowest BCUT2D eigenvalue weighted by atomic mass is 10.1. The van der Waals surface area contributed by atoms with E-state index in [1.165, 1.54) is 0 Å². The van der Waals surface area contributed by atoms with Gasteiger partial charge in [0.05, 0.1) is 26.4 Å². The Morgan fingerprint density at radius 3 is 2.48 bits per heavy atom.